The van der Waals surface area contributed by atoms with Gasteiger partial charge in [-0.3, -0.25) is 10.1 Å². The number of rotatable bonds is 5. The molecule has 0 saturated heterocycles. The van der Waals surface area contributed by atoms with Crippen LogP contribution in [0.5, 0.6) is 0 Å². The zero-order chi connectivity index (χ0) is 18.8. The number of nitrogens with zero attached hydrogens (tertiary/aromatic N) is 3. The number of aromatic amines is 1. The van der Waals surface area contributed by atoms with Crippen molar-refractivity contribution in [3.8, 4) is 11.4 Å². The van der Waals surface area contributed by atoms with Crippen molar-refractivity contribution < 1.29 is 4.79 Å². The summed E-state index contributed by atoms with van der Waals surface area (Å²) >= 11 is 0. The van der Waals surface area contributed by atoms with Gasteiger partial charge in [-0.1, -0.05) is 6.07 Å². The molecule has 7 heteroatoms. The maximum atomic E-state index is 12.5. The summed E-state index contributed by atoms with van der Waals surface area (Å²) in [6.45, 7) is 3.82. The number of amides is 2. The van der Waals surface area contributed by atoms with Gasteiger partial charge in [0, 0.05) is 16.9 Å². The molecule has 2 aromatic heterocycles. The predicted octanol–water partition coefficient (Wildman–Crippen LogP) is 3.76. The van der Waals surface area contributed by atoms with Gasteiger partial charge in [0.15, 0.2) is 5.82 Å². The minimum Gasteiger partial charge on any atom is -0.329 e. The highest BCUT2D eigenvalue weighted by Gasteiger charge is 2.34. The standard InChI is InChI=1S/C20H22N6O/c1-12-4-3-5-17(21-12)18(14-6-7-14)24-20(27)23-16-10-8-15(9-11-16)19-22-13(2)25-26-19/h3-5,8-11,14,18H,6-7H2,1-2H3,(H,22,25,26)(H2,23,24,27). The summed E-state index contributed by atoms with van der Waals surface area (Å²) < 4.78 is 0. The van der Waals surface area contributed by atoms with E-state index in [-0.39, 0.29) is 12.1 Å². The van der Waals surface area contributed by atoms with Gasteiger partial charge in [-0.25, -0.2) is 9.78 Å². The van der Waals surface area contributed by atoms with Crippen LogP contribution in [-0.2, 0) is 0 Å². The van der Waals surface area contributed by atoms with E-state index in [4.69, 9.17) is 0 Å². The Bertz CT molecular complexity index is 945. The molecule has 1 aliphatic rings. The number of nitrogens with one attached hydrogen (secondary N) is 3. The largest absolute Gasteiger partial charge is 0.329 e. The molecule has 3 aromatic rings. The highest BCUT2D eigenvalue weighted by molar-refractivity contribution is 5.89. The van der Waals surface area contributed by atoms with Crippen molar-refractivity contribution in [2.75, 3.05) is 5.32 Å². The van der Waals surface area contributed by atoms with Crippen LogP contribution in [0.2, 0.25) is 0 Å². The SMILES string of the molecule is Cc1cccc(C(NC(=O)Nc2ccc(-c3n[nH]c(C)n3)cc2)C2CC2)n1. The van der Waals surface area contributed by atoms with Gasteiger partial charge in [-0.2, -0.15) is 5.10 Å². The highest BCUT2D eigenvalue weighted by atomic mass is 16.2. The van der Waals surface area contributed by atoms with Crippen LogP contribution in [0.3, 0.4) is 0 Å². The topological polar surface area (TPSA) is 95.6 Å². The van der Waals surface area contributed by atoms with Crippen LogP contribution in [0.4, 0.5) is 10.5 Å². The molecule has 0 bridgehead atoms. The van der Waals surface area contributed by atoms with E-state index in [9.17, 15) is 4.79 Å². The number of hydrogen-bond donors (Lipinski definition) is 3. The van der Waals surface area contributed by atoms with Crippen LogP contribution in [0.25, 0.3) is 11.4 Å². The van der Waals surface area contributed by atoms with Gasteiger partial charge in [-0.15, -0.1) is 0 Å². The first-order valence-corrected chi connectivity index (χ1v) is 9.09. The third kappa shape index (κ3) is 4.13. The van der Waals surface area contributed by atoms with Crippen molar-refractivity contribution in [1.29, 1.82) is 0 Å². The third-order valence-corrected chi connectivity index (χ3v) is 4.61. The average molecular weight is 362 g/mol. The quantitative estimate of drug-likeness (QED) is 0.644. The molecule has 1 unspecified atom stereocenters. The molecule has 3 N–H and O–H groups in total. The van der Waals surface area contributed by atoms with Gasteiger partial charge in [0.2, 0.25) is 0 Å². The van der Waals surface area contributed by atoms with Crippen LogP contribution in [0.15, 0.2) is 42.5 Å². The zero-order valence-electron chi connectivity index (χ0n) is 15.4. The Morgan fingerprint density at radius 3 is 2.52 bits per heavy atom. The van der Waals surface area contributed by atoms with E-state index in [1.54, 1.807) is 0 Å². The Morgan fingerprint density at radius 2 is 1.89 bits per heavy atom. The smallest absolute Gasteiger partial charge is 0.319 e. The second-order valence-electron chi connectivity index (χ2n) is 6.94. The summed E-state index contributed by atoms with van der Waals surface area (Å²) in [5, 5.41) is 12.9. The molecule has 4 rings (SSSR count). The summed E-state index contributed by atoms with van der Waals surface area (Å²) in [4.78, 5) is 21.4. The third-order valence-electron chi connectivity index (χ3n) is 4.61. The van der Waals surface area contributed by atoms with Crippen LogP contribution in [0.1, 0.15) is 36.1 Å². The number of pyridine rings is 1. The van der Waals surface area contributed by atoms with Gasteiger partial charge >= 0.3 is 6.03 Å². The fourth-order valence-corrected chi connectivity index (χ4v) is 3.08. The van der Waals surface area contributed by atoms with E-state index in [0.29, 0.717) is 11.7 Å². The van der Waals surface area contributed by atoms with E-state index in [2.05, 4.69) is 30.8 Å². The molecule has 1 atom stereocenters. The first-order chi connectivity index (χ1) is 13.1. The highest BCUT2D eigenvalue weighted by Crippen LogP contribution is 2.40. The number of H-pyrrole nitrogens is 1. The summed E-state index contributed by atoms with van der Waals surface area (Å²) in [5.74, 6) is 1.87. The van der Waals surface area contributed by atoms with Crippen LogP contribution in [0, 0.1) is 19.8 Å². The lowest BCUT2D eigenvalue weighted by molar-refractivity contribution is 0.246. The first-order valence-electron chi connectivity index (χ1n) is 9.09. The Labute approximate surface area is 157 Å². The molecule has 1 saturated carbocycles. The van der Waals surface area contributed by atoms with Crippen molar-refractivity contribution in [1.82, 2.24) is 25.5 Å². The molecule has 27 heavy (non-hydrogen) atoms. The van der Waals surface area contributed by atoms with Crippen molar-refractivity contribution >= 4 is 11.7 Å². The monoisotopic (exact) mass is 362 g/mol. The number of hydrogen-bond acceptors (Lipinski definition) is 4. The van der Waals surface area contributed by atoms with Gasteiger partial charge < -0.3 is 10.6 Å². The lowest BCUT2D eigenvalue weighted by atomic mass is 10.1. The van der Waals surface area contributed by atoms with Crippen LogP contribution in [-0.4, -0.2) is 26.2 Å². The van der Waals surface area contributed by atoms with Crippen molar-refractivity contribution in [2.45, 2.75) is 32.7 Å². The molecule has 1 aliphatic carbocycles. The molecule has 2 amide bonds. The average Bonchev–Trinajstić information content (AvgIpc) is 3.41. The minimum atomic E-state index is -0.225. The molecule has 2 heterocycles. The fourth-order valence-electron chi connectivity index (χ4n) is 3.08. The number of benzene rings is 1. The first kappa shape index (κ1) is 17.2. The van der Waals surface area contributed by atoms with Crippen molar-refractivity contribution in [3.63, 3.8) is 0 Å². The van der Waals surface area contributed by atoms with E-state index < -0.39 is 0 Å². The second kappa shape index (κ2) is 7.19. The molecule has 138 valence electrons. The summed E-state index contributed by atoms with van der Waals surface area (Å²) in [6.07, 6.45) is 2.23. The lowest BCUT2D eigenvalue weighted by Gasteiger charge is -2.18. The minimum absolute atomic E-state index is 0.0552. The van der Waals surface area contributed by atoms with Gasteiger partial charge in [0.25, 0.3) is 0 Å². The Kier molecular flexibility index (Phi) is 4.58. The number of aryl methyl sites for hydroxylation is 2. The molecule has 0 radical (unpaired) electrons. The second-order valence-corrected chi connectivity index (χ2v) is 6.94. The molecule has 1 fully saturated rings. The van der Waals surface area contributed by atoms with E-state index in [1.165, 1.54) is 0 Å². The molecule has 0 aliphatic heterocycles. The normalized spacial score (nSPS) is 14.6. The summed E-state index contributed by atoms with van der Waals surface area (Å²) in [6, 6.07) is 13.1. The Hall–Kier alpha value is -3.22. The molecule has 1 aromatic carbocycles. The lowest BCUT2D eigenvalue weighted by Crippen LogP contribution is -2.34. The van der Waals surface area contributed by atoms with Crippen LogP contribution < -0.4 is 10.6 Å². The predicted molar refractivity (Wildman–Crippen MR) is 103 cm³/mol. The zero-order valence-corrected chi connectivity index (χ0v) is 15.4. The van der Waals surface area contributed by atoms with E-state index in [0.717, 1.165) is 41.3 Å². The number of carbonyl (C=O) groups is 1. The fraction of sp³-hybridized carbons (Fsp3) is 0.300. The number of urea groups is 1. The number of anilines is 1. The van der Waals surface area contributed by atoms with Crippen molar-refractivity contribution in [3.05, 3.63) is 59.7 Å². The maximum Gasteiger partial charge on any atom is 0.319 e. The number of aromatic nitrogens is 4. The van der Waals surface area contributed by atoms with Gasteiger partial charge in [0.1, 0.15) is 5.82 Å². The summed E-state index contributed by atoms with van der Waals surface area (Å²) in [5.41, 5.74) is 3.49. The molecule has 0 spiro atoms. The molecule has 7 nitrogen and oxygen atoms in total. The van der Waals surface area contributed by atoms with Gasteiger partial charge in [-0.05, 0) is 69.0 Å². The number of carbonyl (C=O) groups excluding carboxylic acids is 1. The maximum absolute atomic E-state index is 12.5. The van der Waals surface area contributed by atoms with E-state index >= 15 is 0 Å². The van der Waals surface area contributed by atoms with Crippen LogP contribution >= 0.6 is 0 Å². The Morgan fingerprint density at radius 1 is 1.11 bits per heavy atom. The summed E-state index contributed by atoms with van der Waals surface area (Å²) in [7, 11) is 0. The molecular weight excluding hydrogens is 340 g/mol. The molecular formula is C20H22N6O. The Balaban J connectivity index is 1.42. The van der Waals surface area contributed by atoms with Crippen molar-refractivity contribution in [2.24, 2.45) is 5.92 Å². The van der Waals surface area contributed by atoms with E-state index in [1.807, 2.05) is 56.3 Å². The van der Waals surface area contributed by atoms with Gasteiger partial charge in [0.05, 0.1) is 11.7 Å².